The molecule has 2 amide bonds. The Morgan fingerprint density at radius 1 is 1.31 bits per heavy atom. The van der Waals surface area contributed by atoms with Gasteiger partial charge in [-0.05, 0) is 27.7 Å². The van der Waals surface area contributed by atoms with E-state index in [2.05, 4.69) is 5.32 Å². The molecule has 0 aromatic carbocycles. The van der Waals surface area contributed by atoms with Gasteiger partial charge in [0, 0.05) is 12.6 Å². The van der Waals surface area contributed by atoms with Crippen molar-refractivity contribution < 1.29 is 19.8 Å². The second-order valence-corrected chi connectivity index (χ2v) is 3.89. The Hall–Kier alpha value is -1.30. The Bertz CT molecular complexity index is 253. The Balaban J connectivity index is 4.56. The first-order valence-electron chi connectivity index (χ1n) is 5.29. The number of carbonyl (C=O) groups is 2. The second kappa shape index (κ2) is 6.32. The molecule has 3 N–H and O–H groups in total. The molecule has 6 heteroatoms. The van der Waals surface area contributed by atoms with Crippen LogP contribution in [0.1, 0.15) is 27.7 Å². The summed E-state index contributed by atoms with van der Waals surface area (Å²) in [4.78, 5) is 23.9. The molecule has 16 heavy (non-hydrogen) atoms. The third-order valence-electron chi connectivity index (χ3n) is 2.25. The smallest absolute Gasteiger partial charge is 0.328 e. The third kappa shape index (κ3) is 4.06. The van der Waals surface area contributed by atoms with Crippen LogP contribution in [0.25, 0.3) is 0 Å². The van der Waals surface area contributed by atoms with E-state index in [-0.39, 0.29) is 6.04 Å². The van der Waals surface area contributed by atoms with Gasteiger partial charge >= 0.3 is 12.0 Å². The van der Waals surface area contributed by atoms with E-state index < -0.39 is 24.1 Å². The van der Waals surface area contributed by atoms with Gasteiger partial charge in [0.05, 0.1) is 6.10 Å². The maximum Gasteiger partial charge on any atom is 0.328 e. The molecule has 0 rings (SSSR count). The van der Waals surface area contributed by atoms with Crippen molar-refractivity contribution in [2.45, 2.75) is 45.9 Å². The molecule has 0 aromatic rings. The van der Waals surface area contributed by atoms with Crippen LogP contribution in [0.3, 0.4) is 0 Å². The van der Waals surface area contributed by atoms with E-state index in [0.29, 0.717) is 6.54 Å². The van der Waals surface area contributed by atoms with Crippen molar-refractivity contribution in [3.8, 4) is 0 Å². The minimum Gasteiger partial charge on any atom is -0.480 e. The van der Waals surface area contributed by atoms with Crippen molar-refractivity contribution in [1.29, 1.82) is 0 Å². The highest BCUT2D eigenvalue weighted by Gasteiger charge is 2.27. The zero-order valence-corrected chi connectivity index (χ0v) is 10.1. The Kier molecular flexibility index (Phi) is 5.81. The average molecular weight is 232 g/mol. The third-order valence-corrected chi connectivity index (χ3v) is 2.25. The minimum atomic E-state index is -1.28. The number of amides is 2. The molecule has 0 bridgehead atoms. The molecule has 0 unspecified atom stereocenters. The van der Waals surface area contributed by atoms with E-state index in [1.165, 1.54) is 11.8 Å². The highest BCUT2D eigenvalue weighted by atomic mass is 16.4. The number of hydrogen-bond acceptors (Lipinski definition) is 3. The van der Waals surface area contributed by atoms with Crippen molar-refractivity contribution in [2.24, 2.45) is 0 Å². The lowest BCUT2D eigenvalue weighted by Crippen LogP contribution is -2.53. The summed E-state index contributed by atoms with van der Waals surface area (Å²) in [6.07, 6.45) is -1.13. The molecule has 6 nitrogen and oxygen atoms in total. The summed E-state index contributed by atoms with van der Waals surface area (Å²) in [6.45, 7) is 7.28. The van der Waals surface area contributed by atoms with Crippen LogP contribution >= 0.6 is 0 Å². The van der Waals surface area contributed by atoms with E-state index in [1.807, 2.05) is 13.8 Å². The second-order valence-electron chi connectivity index (χ2n) is 3.89. The van der Waals surface area contributed by atoms with Gasteiger partial charge in [-0.2, -0.15) is 0 Å². The number of nitrogens with zero attached hydrogens (tertiary/aromatic N) is 1. The number of carboxylic acids is 1. The van der Waals surface area contributed by atoms with E-state index in [4.69, 9.17) is 5.11 Å². The van der Waals surface area contributed by atoms with Crippen molar-refractivity contribution in [3.63, 3.8) is 0 Å². The summed E-state index contributed by atoms with van der Waals surface area (Å²) < 4.78 is 0. The number of hydrogen-bond donors (Lipinski definition) is 3. The van der Waals surface area contributed by atoms with Crippen LogP contribution in [0.5, 0.6) is 0 Å². The van der Waals surface area contributed by atoms with Gasteiger partial charge < -0.3 is 20.4 Å². The Morgan fingerprint density at radius 3 is 2.06 bits per heavy atom. The average Bonchev–Trinajstić information content (AvgIpc) is 2.13. The molecule has 0 heterocycles. The van der Waals surface area contributed by atoms with Crippen LogP contribution in [-0.4, -0.2) is 51.8 Å². The van der Waals surface area contributed by atoms with Crippen LogP contribution in [0, 0.1) is 0 Å². The van der Waals surface area contributed by atoms with E-state index in [1.54, 1.807) is 6.92 Å². The number of nitrogens with one attached hydrogen (secondary N) is 1. The topological polar surface area (TPSA) is 89.9 Å². The van der Waals surface area contributed by atoms with Crippen molar-refractivity contribution in [3.05, 3.63) is 0 Å². The molecule has 0 saturated heterocycles. The van der Waals surface area contributed by atoms with Crippen molar-refractivity contribution in [2.75, 3.05) is 6.54 Å². The monoisotopic (exact) mass is 232 g/mol. The molecule has 2 atom stereocenters. The number of carbonyl (C=O) groups excluding carboxylic acids is 1. The van der Waals surface area contributed by atoms with Gasteiger partial charge in [0.15, 0.2) is 6.04 Å². The molecule has 0 aliphatic heterocycles. The molecule has 0 aliphatic rings. The largest absolute Gasteiger partial charge is 0.480 e. The first-order valence-corrected chi connectivity index (χ1v) is 5.29. The molecular weight excluding hydrogens is 212 g/mol. The zero-order chi connectivity index (χ0) is 12.9. The van der Waals surface area contributed by atoms with Gasteiger partial charge in [-0.3, -0.25) is 0 Å². The molecule has 94 valence electrons. The summed E-state index contributed by atoms with van der Waals surface area (Å²) in [7, 11) is 0. The fraction of sp³-hybridized carbons (Fsp3) is 0.800. The van der Waals surface area contributed by atoms with E-state index in [9.17, 15) is 14.7 Å². The molecule has 0 aliphatic carbocycles. The summed E-state index contributed by atoms with van der Waals surface area (Å²) in [5.41, 5.74) is 0. The van der Waals surface area contributed by atoms with Gasteiger partial charge in [0.1, 0.15) is 0 Å². The van der Waals surface area contributed by atoms with Crippen LogP contribution in [-0.2, 0) is 4.79 Å². The quantitative estimate of drug-likeness (QED) is 0.634. The number of aliphatic hydroxyl groups excluding tert-OH is 1. The van der Waals surface area contributed by atoms with Crippen molar-refractivity contribution in [1.82, 2.24) is 10.2 Å². The summed E-state index contributed by atoms with van der Waals surface area (Å²) >= 11 is 0. The highest BCUT2D eigenvalue weighted by molar-refractivity contribution is 5.83. The predicted molar refractivity (Wildman–Crippen MR) is 59.2 cm³/mol. The Morgan fingerprint density at radius 2 is 1.81 bits per heavy atom. The fourth-order valence-corrected chi connectivity index (χ4v) is 1.35. The maximum absolute atomic E-state index is 11.7. The van der Waals surface area contributed by atoms with Crippen molar-refractivity contribution >= 4 is 12.0 Å². The normalized spacial score (nSPS) is 14.4. The van der Waals surface area contributed by atoms with Gasteiger partial charge in [0.25, 0.3) is 0 Å². The first-order chi connectivity index (χ1) is 7.31. The number of aliphatic hydroxyl groups is 1. The summed E-state index contributed by atoms with van der Waals surface area (Å²) in [5, 5.41) is 20.3. The first kappa shape index (κ1) is 14.7. The van der Waals surface area contributed by atoms with Gasteiger partial charge in [-0.1, -0.05) is 0 Å². The molecule has 0 saturated carbocycles. The lowest BCUT2D eigenvalue weighted by Gasteiger charge is -2.27. The summed E-state index contributed by atoms with van der Waals surface area (Å²) in [5.74, 6) is -1.25. The van der Waals surface area contributed by atoms with E-state index >= 15 is 0 Å². The highest BCUT2D eigenvalue weighted by Crippen LogP contribution is 2.01. The van der Waals surface area contributed by atoms with Crippen LogP contribution in [0.2, 0.25) is 0 Å². The molecular formula is C10H20N2O4. The SMILES string of the molecule is CCN(C(=O)N[C@H](C(=O)O)[C@@H](C)O)C(C)C. The van der Waals surface area contributed by atoms with Gasteiger partial charge in [0.2, 0.25) is 0 Å². The molecule has 0 radical (unpaired) electrons. The fourth-order valence-electron chi connectivity index (χ4n) is 1.35. The number of aliphatic carboxylic acids is 1. The maximum atomic E-state index is 11.7. The van der Waals surface area contributed by atoms with Crippen LogP contribution < -0.4 is 5.32 Å². The zero-order valence-electron chi connectivity index (χ0n) is 10.1. The Labute approximate surface area is 95.2 Å². The lowest BCUT2D eigenvalue weighted by molar-refractivity contribution is -0.141. The van der Waals surface area contributed by atoms with Gasteiger partial charge in [-0.25, -0.2) is 9.59 Å². The molecule has 0 aromatic heterocycles. The summed E-state index contributed by atoms with van der Waals surface area (Å²) in [6, 6.07) is -1.78. The van der Waals surface area contributed by atoms with Crippen LogP contribution in [0.4, 0.5) is 4.79 Å². The van der Waals surface area contributed by atoms with Gasteiger partial charge in [-0.15, -0.1) is 0 Å². The van der Waals surface area contributed by atoms with Crippen LogP contribution in [0.15, 0.2) is 0 Å². The standard InChI is InChI=1S/C10H20N2O4/c1-5-12(6(2)3)10(16)11-8(7(4)13)9(14)15/h6-8,13H,5H2,1-4H3,(H,11,16)(H,14,15)/t7-,8+/m1/s1. The number of rotatable bonds is 5. The predicted octanol–water partition coefficient (Wildman–Crippen LogP) is 0.260. The molecule has 0 fully saturated rings. The number of urea groups is 1. The molecule has 0 spiro atoms. The number of carboxylic acid groups (broad SMARTS) is 1. The van der Waals surface area contributed by atoms with E-state index in [0.717, 1.165) is 0 Å². The lowest BCUT2D eigenvalue weighted by atomic mass is 10.2. The minimum absolute atomic E-state index is 0.0200.